The van der Waals surface area contributed by atoms with Gasteiger partial charge in [-0.25, -0.2) is 0 Å². The lowest BCUT2D eigenvalue weighted by atomic mass is 9.87. The van der Waals surface area contributed by atoms with Crippen LogP contribution in [0.3, 0.4) is 0 Å². The zero-order chi connectivity index (χ0) is 14.1. The van der Waals surface area contributed by atoms with Crippen LogP contribution in [0.2, 0.25) is 0 Å². The maximum Gasteiger partial charge on any atom is 0.0830 e. The molecule has 0 aromatic carbocycles. The second kappa shape index (κ2) is 8.65. The van der Waals surface area contributed by atoms with Gasteiger partial charge in [-0.2, -0.15) is 0 Å². The molecule has 0 aliphatic carbocycles. The summed E-state index contributed by atoms with van der Waals surface area (Å²) in [4.78, 5) is 0. The van der Waals surface area contributed by atoms with Crippen LogP contribution in [0.15, 0.2) is 6.20 Å². The van der Waals surface area contributed by atoms with Crippen molar-refractivity contribution in [3.05, 3.63) is 11.9 Å². The van der Waals surface area contributed by atoms with Crippen LogP contribution in [0.25, 0.3) is 0 Å². The third-order valence-corrected chi connectivity index (χ3v) is 4.07. The SMILES string of the molecule is CPCCc1cn(CC(C)(C)CCCCCO)nn1. The molecule has 0 fully saturated rings. The van der Waals surface area contributed by atoms with Gasteiger partial charge in [0.1, 0.15) is 0 Å². The van der Waals surface area contributed by atoms with Gasteiger partial charge < -0.3 is 5.11 Å². The van der Waals surface area contributed by atoms with Gasteiger partial charge in [0.2, 0.25) is 0 Å². The summed E-state index contributed by atoms with van der Waals surface area (Å²) in [6.07, 6.45) is 8.72. The molecule has 1 aromatic heterocycles. The smallest absolute Gasteiger partial charge is 0.0830 e. The summed E-state index contributed by atoms with van der Waals surface area (Å²) in [6.45, 7) is 8.01. The van der Waals surface area contributed by atoms with Crippen molar-refractivity contribution >= 4 is 8.58 Å². The first-order valence-corrected chi connectivity index (χ1v) is 8.92. The first-order chi connectivity index (χ1) is 9.07. The number of aliphatic hydroxyl groups excluding tert-OH is 1. The maximum absolute atomic E-state index is 8.78. The first kappa shape index (κ1) is 16.6. The van der Waals surface area contributed by atoms with Gasteiger partial charge in [-0.3, -0.25) is 4.68 Å². The molecule has 0 saturated carbocycles. The normalized spacial score (nSPS) is 12.6. The molecule has 0 radical (unpaired) electrons. The van der Waals surface area contributed by atoms with Gasteiger partial charge in [-0.15, -0.1) is 13.7 Å². The van der Waals surface area contributed by atoms with Crippen molar-refractivity contribution in [2.24, 2.45) is 5.41 Å². The van der Waals surface area contributed by atoms with Crippen LogP contribution in [0.1, 0.15) is 45.2 Å². The quantitative estimate of drug-likeness (QED) is 0.531. The van der Waals surface area contributed by atoms with Crippen molar-refractivity contribution in [2.75, 3.05) is 19.4 Å². The van der Waals surface area contributed by atoms with E-state index in [0.717, 1.165) is 40.1 Å². The average Bonchev–Trinajstić information content (AvgIpc) is 2.79. The van der Waals surface area contributed by atoms with E-state index in [9.17, 15) is 0 Å². The van der Waals surface area contributed by atoms with Crippen LogP contribution >= 0.6 is 8.58 Å². The average molecular weight is 285 g/mol. The van der Waals surface area contributed by atoms with Crippen molar-refractivity contribution in [3.8, 4) is 0 Å². The van der Waals surface area contributed by atoms with Crippen LogP contribution < -0.4 is 0 Å². The second-order valence-corrected chi connectivity index (χ2v) is 7.17. The number of aryl methyl sites for hydroxylation is 1. The lowest BCUT2D eigenvalue weighted by Gasteiger charge is -2.24. The van der Waals surface area contributed by atoms with E-state index < -0.39 is 0 Å². The van der Waals surface area contributed by atoms with E-state index in [1.165, 1.54) is 19.0 Å². The van der Waals surface area contributed by atoms with Gasteiger partial charge in [0.25, 0.3) is 0 Å². The predicted octanol–water partition coefficient (Wildman–Crippen LogP) is 2.71. The molecule has 1 N–H and O–H groups in total. The fourth-order valence-electron chi connectivity index (χ4n) is 2.19. The fourth-order valence-corrected chi connectivity index (χ4v) is 2.70. The maximum atomic E-state index is 8.78. The Hall–Kier alpha value is -0.470. The topological polar surface area (TPSA) is 50.9 Å². The third-order valence-electron chi connectivity index (χ3n) is 3.32. The summed E-state index contributed by atoms with van der Waals surface area (Å²) in [5, 5.41) is 17.2. The van der Waals surface area contributed by atoms with Gasteiger partial charge in [-0.1, -0.05) is 31.9 Å². The van der Waals surface area contributed by atoms with Gasteiger partial charge in [-0.05, 0) is 37.5 Å². The van der Waals surface area contributed by atoms with Crippen LogP contribution in [0, 0.1) is 5.41 Å². The first-order valence-electron chi connectivity index (χ1n) is 7.22. The molecule has 1 unspecified atom stereocenters. The van der Waals surface area contributed by atoms with Crippen molar-refractivity contribution in [1.82, 2.24) is 15.0 Å². The lowest BCUT2D eigenvalue weighted by molar-refractivity contribution is 0.244. The zero-order valence-corrected chi connectivity index (χ0v) is 13.5. The Labute approximate surface area is 118 Å². The summed E-state index contributed by atoms with van der Waals surface area (Å²) < 4.78 is 1.99. The number of nitrogens with zero attached hydrogens (tertiary/aromatic N) is 3. The van der Waals surface area contributed by atoms with Crippen molar-refractivity contribution in [1.29, 1.82) is 0 Å². The highest BCUT2D eigenvalue weighted by molar-refractivity contribution is 7.36. The Morgan fingerprint density at radius 1 is 1.32 bits per heavy atom. The van der Waals surface area contributed by atoms with E-state index in [1.54, 1.807) is 0 Å². The minimum absolute atomic E-state index is 0.243. The zero-order valence-electron chi connectivity index (χ0n) is 12.5. The Kier molecular flexibility index (Phi) is 7.55. The molecule has 1 aromatic rings. The van der Waals surface area contributed by atoms with E-state index in [-0.39, 0.29) is 5.41 Å². The number of hydrogen-bond donors (Lipinski definition) is 1. The second-order valence-electron chi connectivity index (χ2n) is 5.96. The van der Waals surface area contributed by atoms with Gasteiger partial charge in [0, 0.05) is 19.3 Å². The summed E-state index contributed by atoms with van der Waals surface area (Å²) in [6, 6.07) is 0. The Balaban J connectivity index is 2.36. The van der Waals surface area contributed by atoms with Crippen molar-refractivity contribution in [2.45, 2.75) is 52.5 Å². The molecule has 1 rings (SSSR count). The lowest BCUT2D eigenvalue weighted by Crippen LogP contribution is -2.20. The molecule has 0 aliphatic heterocycles. The molecule has 110 valence electrons. The molecule has 4 nitrogen and oxygen atoms in total. The monoisotopic (exact) mass is 285 g/mol. The molecule has 19 heavy (non-hydrogen) atoms. The molecule has 0 amide bonds. The molecular weight excluding hydrogens is 257 g/mol. The van der Waals surface area contributed by atoms with Gasteiger partial charge >= 0.3 is 0 Å². The Morgan fingerprint density at radius 3 is 2.79 bits per heavy atom. The number of aliphatic hydroxyl groups is 1. The van der Waals surface area contributed by atoms with Crippen LogP contribution in [-0.2, 0) is 13.0 Å². The molecule has 0 bridgehead atoms. The Morgan fingerprint density at radius 2 is 2.11 bits per heavy atom. The highest BCUT2D eigenvalue weighted by Gasteiger charge is 2.19. The van der Waals surface area contributed by atoms with Crippen LogP contribution in [0.5, 0.6) is 0 Å². The molecule has 0 spiro atoms. The molecule has 1 atom stereocenters. The largest absolute Gasteiger partial charge is 0.396 e. The van der Waals surface area contributed by atoms with E-state index in [4.69, 9.17) is 5.11 Å². The number of hydrogen-bond acceptors (Lipinski definition) is 3. The van der Waals surface area contributed by atoms with Crippen molar-refractivity contribution in [3.63, 3.8) is 0 Å². The molecule has 0 saturated heterocycles. The summed E-state index contributed by atoms with van der Waals surface area (Å²) in [5.74, 6) is 0. The molecule has 0 aliphatic rings. The molecule has 1 heterocycles. The number of aromatic nitrogens is 3. The van der Waals surface area contributed by atoms with E-state index in [2.05, 4.69) is 37.0 Å². The summed E-state index contributed by atoms with van der Waals surface area (Å²) >= 11 is 0. The van der Waals surface area contributed by atoms with Crippen LogP contribution in [0.4, 0.5) is 0 Å². The highest BCUT2D eigenvalue weighted by Crippen LogP contribution is 2.25. The van der Waals surface area contributed by atoms with E-state index in [0.29, 0.717) is 6.61 Å². The van der Waals surface area contributed by atoms with Gasteiger partial charge in [0.05, 0.1) is 5.69 Å². The molecule has 5 heteroatoms. The number of rotatable bonds is 10. The number of unbranched alkanes of at least 4 members (excludes halogenated alkanes) is 2. The molecular formula is C14H28N3OP. The van der Waals surface area contributed by atoms with Gasteiger partial charge in [0.15, 0.2) is 0 Å². The predicted molar refractivity (Wildman–Crippen MR) is 82.2 cm³/mol. The summed E-state index contributed by atoms with van der Waals surface area (Å²) in [5.41, 5.74) is 1.36. The van der Waals surface area contributed by atoms with E-state index >= 15 is 0 Å². The fraction of sp³-hybridized carbons (Fsp3) is 0.857. The highest BCUT2D eigenvalue weighted by atomic mass is 31.1. The minimum atomic E-state index is 0.243. The Bertz CT molecular complexity index is 352. The summed E-state index contributed by atoms with van der Waals surface area (Å²) in [7, 11) is 0.984. The minimum Gasteiger partial charge on any atom is -0.396 e. The van der Waals surface area contributed by atoms with Crippen molar-refractivity contribution < 1.29 is 5.11 Å². The van der Waals surface area contributed by atoms with E-state index in [1.807, 2.05) is 4.68 Å². The van der Waals surface area contributed by atoms with Crippen LogP contribution in [-0.4, -0.2) is 39.5 Å². The third kappa shape index (κ3) is 7.03. The standard InChI is InChI=1S/C14H28N3OP/c1-14(2,8-5-4-6-9-18)12-17-11-13(15-16-17)7-10-19-3/h11,18-19H,4-10,12H2,1-3H3.